The van der Waals surface area contributed by atoms with Crippen molar-refractivity contribution in [1.29, 1.82) is 0 Å². The van der Waals surface area contributed by atoms with E-state index < -0.39 is 35.6 Å². The van der Waals surface area contributed by atoms with Crippen LogP contribution in [0.5, 0.6) is 0 Å². The van der Waals surface area contributed by atoms with Crippen molar-refractivity contribution in [2.75, 3.05) is 5.75 Å². The number of azide groups is 1. The molecule has 0 saturated carbocycles. The smallest absolute Gasteiger partial charge is 0.303 e. The Bertz CT molecular complexity index is 384. The maximum absolute atomic E-state index is 11.0. The van der Waals surface area contributed by atoms with Gasteiger partial charge in [-0.3, -0.25) is 9.59 Å². The van der Waals surface area contributed by atoms with Crippen LogP contribution in [0.3, 0.4) is 0 Å². The molecule has 0 spiro atoms. The Kier molecular flexibility index (Phi) is 5.26. The van der Waals surface area contributed by atoms with Crippen molar-refractivity contribution in [2.45, 2.75) is 37.5 Å². The Balaban J connectivity index is 2.91. The molecule has 0 aromatic carbocycles. The van der Waals surface area contributed by atoms with Crippen molar-refractivity contribution in [3.05, 3.63) is 10.4 Å². The van der Waals surface area contributed by atoms with E-state index in [2.05, 4.69) is 10.0 Å². The third-order valence-corrected chi connectivity index (χ3v) is 3.36. The summed E-state index contributed by atoms with van der Waals surface area (Å²) in [6, 6.07) is -0.931. The number of ether oxygens (including phenoxy) is 2. The summed E-state index contributed by atoms with van der Waals surface area (Å²) in [6.45, 7) is 2.41. The first kappa shape index (κ1) is 14.6. The lowest BCUT2D eigenvalue weighted by molar-refractivity contribution is -0.157. The minimum absolute atomic E-state index is 0.266. The van der Waals surface area contributed by atoms with Gasteiger partial charge in [-0.15, -0.1) is 11.8 Å². The molecule has 1 heterocycles. The molecule has 1 fully saturated rings. The molecule has 1 aliphatic rings. The van der Waals surface area contributed by atoms with Crippen LogP contribution < -0.4 is 0 Å². The second-order valence-corrected chi connectivity index (χ2v) is 4.79. The molecule has 1 saturated heterocycles. The molecular formula is C9H13N3O5S. The van der Waals surface area contributed by atoms with Crippen LogP contribution in [0.15, 0.2) is 5.11 Å². The van der Waals surface area contributed by atoms with E-state index >= 15 is 0 Å². The van der Waals surface area contributed by atoms with Crippen molar-refractivity contribution in [3.63, 3.8) is 0 Å². The monoisotopic (exact) mass is 275 g/mol. The maximum atomic E-state index is 11.0. The summed E-state index contributed by atoms with van der Waals surface area (Å²) in [5.41, 5.74) is 7.48. The normalized spacial score (nSPS) is 31.1. The van der Waals surface area contributed by atoms with Crippen LogP contribution in [0.4, 0.5) is 0 Å². The molecule has 0 aromatic rings. The highest BCUT2D eigenvalue weighted by Gasteiger charge is 2.42. The summed E-state index contributed by atoms with van der Waals surface area (Å²) in [4.78, 5) is 24.5. The number of carbonyl (C=O) groups excluding carboxylic acids is 2. The molecular weight excluding hydrogens is 262 g/mol. The van der Waals surface area contributed by atoms with Gasteiger partial charge in [0.2, 0.25) is 0 Å². The summed E-state index contributed by atoms with van der Waals surface area (Å²) < 4.78 is 9.90. The lowest BCUT2D eigenvalue weighted by Crippen LogP contribution is -2.51. The molecule has 9 heteroatoms. The number of esters is 2. The van der Waals surface area contributed by atoms with Gasteiger partial charge in [0.05, 0.1) is 0 Å². The number of rotatable bonds is 3. The molecule has 100 valence electrons. The van der Waals surface area contributed by atoms with E-state index in [1.807, 2.05) is 0 Å². The van der Waals surface area contributed by atoms with Gasteiger partial charge in [0.25, 0.3) is 0 Å². The highest BCUT2D eigenvalue weighted by Crippen LogP contribution is 2.30. The third kappa shape index (κ3) is 3.80. The van der Waals surface area contributed by atoms with E-state index in [0.717, 1.165) is 11.8 Å². The zero-order valence-electron chi connectivity index (χ0n) is 9.85. The number of nitrogens with zero attached hydrogens (tertiary/aromatic N) is 3. The first-order chi connectivity index (χ1) is 8.45. The first-order valence-electron chi connectivity index (χ1n) is 5.14. The van der Waals surface area contributed by atoms with Gasteiger partial charge in [0, 0.05) is 24.5 Å². The lowest BCUT2D eigenvalue weighted by Gasteiger charge is -2.36. The van der Waals surface area contributed by atoms with Crippen molar-refractivity contribution < 1.29 is 24.2 Å². The van der Waals surface area contributed by atoms with E-state index in [9.17, 15) is 14.7 Å². The zero-order valence-corrected chi connectivity index (χ0v) is 10.7. The van der Waals surface area contributed by atoms with Gasteiger partial charge < -0.3 is 14.6 Å². The summed E-state index contributed by atoms with van der Waals surface area (Å²) in [6.07, 6.45) is -1.75. The van der Waals surface area contributed by atoms with Gasteiger partial charge in [-0.25, -0.2) is 0 Å². The second-order valence-electron chi connectivity index (χ2n) is 3.64. The summed E-state index contributed by atoms with van der Waals surface area (Å²) in [5, 5.41) is 13.2. The van der Waals surface area contributed by atoms with Gasteiger partial charge in [0.15, 0.2) is 0 Å². The molecule has 1 unspecified atom stereocenters. The Morgan fingerprint density at radius 3 is 2.50 bits per heavy atom. The van der Waals surface area contributed by atoms with Crippen LogP contribution in [0, 0.1) is 0 Å². The summed E-state index contributed by atoms with van der Waals surface area (Å²) >= 11 is 1.07. The zero-order chi connectivity index (χ0) is 13.7. The van der Waals surface area contributed by atoms with Crippen LogP contribution in [0.2, 0.25) is 0 Å². The molecule has 8 nitrogen and oxygen atoms in total. The van der Waals surface area contributed by atoms with Gasteiger partial charge in [0.1, 0.15) is 23.7 Å². The molecule has 0 aliphatic carbocycles. The molecule has 0 bridgehead atoms. The number of aliphatic hydroxyl groups is 1. The molecule has 0 aromatic heterocycles. The quantitative estimate of drug-likeness (QED) is 0.348. The Morgan fingerprint density at radius 1 is 1.39 bits per heavy atom. The van der Waals surface area contributed by atoms with E-state index in [1.165, 1.54) is 13.8 Å². The van der Waals surface area contributed by atoms with Crippen molar-refractivity contribution >= 4 is 23.7 Å². The maximum Gasteiger partial charge on any atom is 0.303 e. The minimum atomic E-state index is -1.03. The second kappa shape index (κ2) is 6.48. The molecule has 18 heavy (non-hydrogen) atoms. The SMILES string of the molecule is CC(=O)O[C@@H]1CSC(O)[C@H](OC(C)=O)[C@H]1N=[N+]=[N-]. The van der Waals surface area contributed by atoms with Crippen LogP contribution in [0.1, 0.15) is 13.8 Å². The third-order valence-electron chi connectivity index (χ3n) is 2.23. The molecule has 1 aliphatic heterocycles. The fourth-order valence-corrected chi connectivity index (χ4v) is 2.66. The molecule has 0 amide bonds. The number of thioether (sulfide) groups is 1. The van der Waals surface area contributed by atoms with Gasteiger partial charge in [-0.2, -0.15) is 0 Å². The highest BCUT2D eigenvalue weighted by atomic mass is 32.2. The highest BCUT2D eigenvalue weighted by molar-refractivity contribution is 7.99. The minimum Gasteiger partial charge on any atom is -0.461 e. The fraction of sp³-hybridized carbons (Fsp3) is 0.778. The molecule has 0 radical (unpaired) electrons. The van der Waals surface area contributed by atoms with Crippen molar-refractivity contribution in [2.24, 2.45) is 5.11 Å². The van der Waals surface area contributed by atoms with Gasteiger partial charge in [-0.05, 0) is 5.53 Å². The average molecular weight is 275 g/mol. The van der Waals surface area contributed by atoms with Crippen LogP contribution in [0.25, 0.3) is 10.4 Å². The van der Waals surface area contributed by atoms with E-state index in [1.54, 1.807) is 0 Å². The Labute approximate surface area is 107 Å². The van der Waals surface area contributed by atoms with Crippen molar-refractivity contribution in [1.82, 2.24) is 0 Å². The van der Waals surface area contributed by atoms with E-state index in [-0.39, 0.29) is 5.75 Å². The Morgan fingerprint density at radius 2 is 2.00 bits per heavy atom. The molecule has 1 rings (SSSR count). The first-order valence-corrected chi connectivity index (χ1v) is 6.19. The fourth-order valence-electron chi connectivity index (χ4n) is 1.60. The molecule has 1 N–H and O–H groups in total. The average Bonchev–Trinajstić information content (AvgIpc) is 2.26. The van der Waals surface area contributed by atoms with Crippen molar-refractivity contribution in [3.8, 4) is 0 Å². The van der Waals surface area contributed by atoms with E-state index in [4.69, 9.17) is 15.0 Å². The number of hydrogen-bond donors (Lipinski definition) is 1. The van der Waals surface area contributed by atoms with E-state index in [0.29, 0.717) is 0 Å². The summed E-state index contributed by atoms with van der Waals surface area (Å²) in [7, 11) is 0. The Hall–Kier alpha value is -1.44. The predicted molar refractivity (Wildman–Crippen MR) is 62.5 cm³/mol. The largest absolute Gasteiger partial charge is 0.461 e. The van der Waals surface area contributed by atoms with Crippen LogP contribution in [-0.4, -0.2) is 46.5 Å². The predicted octanol–water partition coefficient (Wildman–Crippen LogP) is 0.594. The number of aliphatic hydroxyl groups excluding tert-OH is 1. The number of carbonyl (C=O) groups is 2. The topological polar surface area (TPSA) is 122 Å². The lowest BCUT2D eigenvalue weighted by atomic mass is 10.1. The summed E-state index contributed by atoms with van der Waals surface area (Å²) in [5.74, 6) is -0.875. The standard InChI is InChI=1S/C9H13N3O5S/c1-4(13)16-6-3-18-9(15)8(17-5(2)14)7(6)11-12-10/h6-9,15H,3H2,1-2H3/t6-,7+,8-,9?/m1/s1. The van der Waals surface area contributed by atoms with Gasteiger partial charge >= 0.3 is 11.9 Å². The van der Waals surface area contributed by atoms with Gasteiger partial charge in [-0.1, -0.05) is 5.11 Å². The molecule has 4 atom stereocenters. The number of hydrogen-bond acceptors (Lipinski definition) is 7. The van der Waals surface area contributed by atoms with Crippen LogP contribution >= 0.6 is 11.8 Å². The van der Waals surface area contributed by atoms with Crippen LogP contribution in [-0.2, 0) is 19.1 Å².